The van der Waals surface area contributed by atoms with Gasteiger partial charge in [-0.05, 0) is 97.7 Å². The van der Waals surface area contributed by atoms with Crippen LogP contribution < -0.4 is 0 Å². The van der Waals surface area contributed by atoms with E-state index in [2.05, 4.69) is 20.8 Å². The zero-order valence-corrected chi connectivity index (χ0v) is 19.2. The lowest BCUT2D eigenvalue weighted by Gasteiger charge is -2.64. The van der Waals surface area contributed by atoms with Gasteiger partial charge in [-0.25, -0.2) is 0 Å². The predicted octanol–water partition coefficient (Wildman–Crippen LogP) is 4.10. The lowest BCUT2D eigenvalue weighted by atomic mass is 9.43. The fourth-order valence-corrected chi connectivity index (χ4v) is 9.04. The Morgan fingerprint density at radius 3 is 2.37 bits per heavy atom. The van der Waals surface area contributed by atoms with Crippen LogP contribution in [-0.2, 0) is 9.53 Å². The molecular weight excluding hydrogens is 380 g/mol. The molecule has 5 nitrogen and oxygen atoms in total. The third-order valence-corrected chi connectivity index (χ3v) is 10.5. The van der Waals surface area contributed by atoms with Crippen molar-refractivity contribution in [3.8, 4) is 0 Å². The van der Waals surface area contributed by atoms with Crippen LogP contribution in [0, 0.1) is 46.3 Å². The van der Waals surface area contributed by atoms with E-state index in [1.165, 1.54) is 6.42 Å². The first-order valence-corrected chi connectivity index (χ1v) is 12.2. The Labute approximate surface area is 181 Å². The molecule has 0 radical (unpaired) electrons. The van der Waals surface area contributed by atoms with Crippen LogP contribution in [0.1, 0.15) is 78.6 Å². The third kappa shape index (κ3) is 3.34. The number of carboxylic acids is 1. The highest BCUT2D eigenvalue weighted by Gasteiger charge is 2.65. The predicted molar refractivity (Wildman–Crippen MR) is 115 cm³/mol. The molecule has 4 saturated carbocycles. The molecule has 3 N–H and O–H groups in total. The van der Waals surface area contributed by atoms with Gasteiger partial charge in [0.1, 0.15) is 0 Å². The first-order chi connectivity index (χ1) is 14.1. The molecule has 4 aliphatic rings. The van der Waals surface area contributed by atoms with E-state index in [9.17, 15) is 15.0 Å². The minimum atomic E-state index is -0.700. The number of fused-ring (bicyclic) bond motifs is 5. The van der Waals surface area contributed by atoms with Gasteiger partial charge < -0.3 is 20.1 Å². The van der Waals surface area contributed by atoms with Gasteiger partial charge in [0.05, 0.1) is 18.3 Å². The van der Waals surface area contributed by atoms with Gasteiger partial charge in [-0.1, -0.05) is 20.8 Å². The van der Waals surface area contributed by atoms with Crippen molar-refractivity contribution in [2.45, 2.75) is 96.9 Å². The molecule has 0 amide bonds. The largest absolute Gasteiger partial charge is 0.481 e. The summed E-state index contributed by atoms with van der Waals surface area (Å²) in [5.74, 6) is 1.68. The molecule has 0 aliphatic heterocycles. The number of methoxy groups -OCH3 is 1. The second kappa shape index (κ2) is 8.04. The number of carbonyl (C=O) groups is 1. The minimum Gasteiger partial charge on any atom is -0.481 e. The van der Waals surface area contributed by atoms with Crippen molar-refractivity contribution >= 4 is 5.97 Å². The Hall–Kier alpha value is -0.650. The summed E-state index contributed by atoms with van der Waals surface area (Å²) in [5, 5.41) is 31.1. The standard InChI is InChI=1S/C25H42O5/c1-14(5-8-20(27)28)16-6-7-17-21-18(10-12-24(16,17)2)25(3)11-9-15(26)13-19(25)23(30-4)22(21)29/h14-19,21-23,26,29H,5-13H2,1-4H3,(H,27,28)/t14-,15-,16?,17?,18?,19?,21?,22+,23-,24-,25-/m1/s1. The van der Waals surface area contributed by atoms with E-state index in [1.54, 1.807) is 7.11 Å². The Bertz CT molecular complexity index is 651. The van der Waals surface area contributed by atoms with Gasteiger partial charge in [-0.2, -0.15) is 0 Å². The Morgan fingerprint density at radius 1 is 1.03 bits per heavy atom. The van der Waals surface area contributed by atoms with E-state index in [0.29, 0.717) is 23.7 Å². The van der Waals surface area contributed by atoms with E-state index in [4.69, 9.17) is 9.84 Å². The minimum absolute atomic E-state index is 0.123. The summed E-state index contributed by atoms with van der Waals surface area (Å²) in [5.41, 5.74) is 0.299. The van der Waals surface area contributed by atoms with Crippen LogP contribution in [0.4, 0.5) is 0 Å². The van der Waals surface area contributed by atoms with E-state index in [1.807, 2.05) is 0 Å². The van der Waals surface area contributed by atoms with Crippen LogP contribution in [0.15, 0.2) is 0 Å². The molecule has 0 spiro atoms. The number of ether oxygens (including phenoxy) is 1. The molecule has 4 rings (SSSR count). The van der Waals surface area contributed by atoms with E-state index in [-0.39, 0.29) is 41.3 Å². The van der Waals surface area contributed by atoms with Gasteiger partial charge in [0.2, 0.25) is 0 Å². The molecule has 4 aliphatic carbocycles. The summed E-state index contributed by atoms with van der Waals surface area (Å²) < 4.78 is 5.93. The van der Waals surface area contributed by atoms with Gasteiger partial charge in [-0.15, -0.1) is 0 Å². The first kappa shape index (κ1) is 22.5. The van der Waals surface area contributed by atoms with Crippen LogP contribution >= 0.6 is 0 Å². The first-order valence-electron chi connectivity index (χ1n) is 12.2. The Kier molecular flexibility index (Phi) is 6.04. The highest BCUT2D eigenvalue weighted by atomic mass is 16.5. The average molecular weight is 423 g/mol. The lowest BCUT2D eigenvalue weighted by Crippen LogP contribution is -2.64. The van der Waals surface area contributed by atoms with Crippen molar-refractivity contribution in [3.05, 3.63) is 0 Å². The summed E-state index contributed by atoms with van der Waals surface area (Å²) in [6.07, 6.45) is 7.28. The maximum Gasteiger partial charge on any atom is 0.303 e. The molecule has 172 valence electrons. The summed E-state index contributed by atoms with van der Waals surface area (Å²) in [7, 11) is 1.73. The van der Waals surface area contributed by atoms with E-state index >= 15 is 0 Å². The normalized spacial score (nSPS) is 51.5. The third-order valence-electron chi connectivity index (χ3n) is 10.5. The highest BCUT2D eigenvalue weighted by Crippen LogP contribution is 2.68. The fourth-order valence-electron chi connectivity index (χ4n) is 9.04. The molecule has 0 aromatic carbocycles. The zero-order valence-electron chi connectivity index (χ0n) is 19.2. The summed E-state index contributed by atoms with van der Waals surface area (Å²) in [6, 6.07) is 0. The summed E-state index contributed by atoms with van der Waals surface area (Å²) >= 11 is 0. The SMILES string of the molecule is CO[C@@H]1C2C[C@H](O)CC[C@]2(C)C2CC[C@@]3(C)C(CCC3[C@H](C)CCC(=O)O)C2[C@@H]1O. The molecule has 5 heteroatoms. The van der Waals surface area contributed by atoms with Gasteiger partial charge in [0.15, 0.2) is 0 Å². The van der Waals surface area contributed by atoms with Crippen LogP contribution in [0.2, 0.25) is 0 Å². The Morgan fingerprint density at radius 2 is 1.70 bits per heavy atom. The molecule has 0 heterocycles. The molecule has 5 unspecified atom stereocenters. The van der Waals surface area contributed by atoms with Crippen LogP contribution in [0.5, 0.6) is 0 Å². The van der Waals surface area contributed by atoms with E-state index in [0.717, 1.165) is 44.9 Å². The Balaban J connectivity index is 1.61. The molecule has 11 atom stereocenters. The lowest BCUT2D eigenvalue weighted by molar-refractivity contribution is -0.230. The van der Waals surface area contributed by atoms with Crippen molar-refractivity contribution in [3.63, 3.8) is 0 Å². The molecule has 0 aromatic rings. The van der Waals surface area contributed by atoms with Gasteiger partial charge in [-0.3, -0.25) is 4.79 Å². The number of aliphatic hydroxyl groups is 2. The van der Waals surface area contributed by atoms with E-state index < -0.39 is 12.1 Å². The topological polar surface area (TPSA) is 87.0 Å². The quantitative estimate of drug-likeness (QED) is 0.621. The van der Waals surface area contributed by atoms with Crippen LogP contribution in [-0.4, -0.2) is 46.7 Å². The van der Waals surface area contributed by atoms with Gasteiger partial charge in [0.25, 0.3) is 0 Å². The molecule has 4 fully saturated rings. The van der Waals surface area contributed by atoms with Crippen molar-refractivity contribution in [1.29, 1.82) is 0 Å². The second-order valence-electron chi connectivity index (χ2n) is 11.7. The van der Waals surface area contributed by atoms with Crippen molar-refractivity contribution in [1.82, 2.24) is 0 Å². The summed E-state index contributed by atoms with van der Waals surface area (Å²) in [6.45, 7) is 7.07. The highest BCUT2D eigenvalue weighted by molar-refractivity contribution is 5.66. The maximum atomic E-state index is 11.6. The molecule has 0 bridgehead atoms. The van der Waals surface area contributed by atoms with Crippen molar-refractivity contribution in [2.24, 2.45) is 46.3 Å². The van der Waals surface area contributed by atoms with Crippen molar-refractivity contribution in [2.75, 3.05) is 7.11 Å². The number of carboxylic acid groups (broad SMARTS) is 1. The fraction of sp³-hybridized carbons (Fsp3) is 0.960. The smallest absolute Gasteiger partial charge is 0.303 e. The molecular formula is C25H42O5. The maximum absolute atomic E-state index is 11.6. The number of rotatable bonds is 5. The van der Waals surface area contributed by atoms with Crippen LogP contribution in [0.25, 0.3) is 0 Å². The zero-order chi connectivity index (χ0) is 21.8. The van der Waals surface area contributed by atoms with Crippen LogP contribution in [0.3, 0.4) is 0 Å². The number of hydrogen-bond donors (Lipinski definition) is 3. The monoisotopic (exact) mass is 422 g/mol. The molecule has 30 heavy (non-hydrogen) atoms. The van der Waals surface area contributed by atoms with Gasteiger partial charge in [0, 0.05) is 13.5 Å². The number of aliphatic hydroxyl groups excluding tert-OH is 2. The second-order valence-corrected chi connectivity index (χ2v) is 11.7. The van der Waals surface area contributed by atoms with Crippen molar-refractivity contribution < 1.29 is 24.9 Å². The molecule has 0 saturated heterocycles. The van der Waals surface area contributed by atoms with Gasteiger partial charge >= 0.3 is 5.97 Å². The molecule has 0 aromatic heterocycles. The number of aliphatic carboxylic acids is 1. The average Bonchev–Trinajstić information content (AvgIpc) is 3.05. The number of hydrogen-bond acceptors (Lipinski definition) is 4. The summed E-state index contributed by atoms with van der Waals surface area (Å²) in [4.78, 5) is 11.1.